The van der Waals surface area contributed by atoms with Crippen molar-refractivity contribution in [3.63, 3.8) is 0 Å². The van der Waals surface area contributed by atoms with Gasteiger partial charge in [-0.05, 0) is 33.2 Å². The fraction of sp³-hybridized carbons (Fsp3) is 1.00. The number of alkyl halides is 1. The predicted octanol–water partition coefficient (Wildman–Crippen LogP) is 2.39. The largest absolute Gasteiger partial charge is 0.312 e. The minimum atomic E-state index is 0.220. The molecule has 10 heavy (non-hydrogen) atoms. The second-order valence-electron chi connectivity index (χ2n) is 3.25. The Labute approximate surface area is 69.1 Å². The summed E-state index contributed by atoms with van der Waals surface area (Å²) < 4.78 is 0. The van der Waals surface area contributed by atoms with Crippen molar-refractivity contribution < 1.29 is 0 Å². The monoisotopic (exact) mass is 163 g/mol. The summed E-state index contributed by atoms with van der Waals surface area (Å²) in [4.78, 5) is 0. The van der Waals surface area contributed by atoms with E-state index in [0.717, 1.165) is 18.8 Å². The van der Waals surface area contributed by atoms with Gasteiger partial charge < -0.3 is 5.32 Å². The standard InChI is InChI=1S/C8H18ClN/c1-4-7-10-8(2,3)5-6-9/h10H,4-7H2,1-3H3. The van der Waals surface area contributed by atoms with Crippen molar-refractivity contribution in [3.05, 3.63) is 0 Å². The lowest BCUT2D eigenvalue weighted by molar-refractivity contribution is 0.379. The summed E-state index contributed by atoms with van der Waals surface area (Å²) in [5, 5.41) is 3.43. The summed E-state index contributed by atoms with van der Waals surface area (Å²) in [7, 11) is 0. The topological polar surface area (TPSA) is 12.0 Å². The Kier molecular flexibility index (Phi) is 5.10. The van der Waals surface area contributed by atoms with Crippen LogP contribution in [-0.4, -0.2) is 18.0 Å². The van der Waals surface area contributed by atoms with Crippen LogP contribution >= 0.6 is 11.6 Å². The summed E-state index contributed by atoms with van der Waals surface area (Å²) in [6, 6.07) is 0. The molecule has 62 valence electrons. The second kappa shape index (κ2) is 4.97. The quantitative estimate of drug-likeness (QED) is 0.614. The van der Waals surface area contributed by atoms with Gasteiger partial charge in [-0.25, -0.2) is 0 Å². The Morgan fingerprint density at radius 2 is 2.00 bits per heavy atom. The van der Waals surface area contributed by atoms with Crippen LogP contribution in [0.4, 0.5) is 0 Å². The van der Waals surface area contributed by atoms with E-state index in [9.17, 15) is 0 Å². The third kappa shape index (κ3) is 5.07. The number of nitrogens with one attached hydrogen (secondary N) is 1. The van der Waals surface area contributed by atoms with Crippen molar-refractivity contribution in [2.45, 2.75) is 39.2 Å². The maximum Gasteiger partial charge on any atom is 0.0240 e. The Morgan fingerprint density at radius 3 is 2.40 bits per heavy atom. The van der Waals surface area contributed by atoms with E-state index in [-0.39, 0.29) is 5.54 Å². The maximum atomic E-state index is 5.62. The van der Waals surface area contributed by atoms with Gasteiger partial charge in [0.1, 0.15) is 0 Å². The Morgan fingerprint density at radius 1 is 1.40 bits per heavy atom. The average molecular weight is 164 g/mol. The van der Waals surface area contributed by atoms with Crippen LogP contribution in [0.25, 0.3) is 0 Å². The molecule has 1 N–H and O–H groups in total. The van der Waals surface area contributed by atoms with Crippen LogP contribution in [-0.2, 0) is 0 Å². The Hall–Kier alpha value is 0.250. The van der Waals surface area contributed by atoms with E-state index >= 15 is 0 Å². The molecule has 0 aliphatic rings. The van der Waals surface area contributed by atoms with Crippen LogP contribution in [0.5, 0.6) is 0 Å². The molecular formula is C8H18ClN. The molecule has 0 fully saturated rings. The van der Waals surface area contributed by atoms with Crippen LogP contribution < -0.4 is 5.32 Å². The van der Waals surface area contributed by atoms with E-state index in [2.05, 4.69) is 26.1 Å². The second-order valence-corrected chi connectivity index (χ2v) is 3.63. The first-order valence-corrected chi connectivity index (χ1v) is 4.47. The van der Waals surface area contributed by atoms with Crippen LogP contribution in [0.1, 0.15) is 33.6 Å². The van der Waals surface area contributed by atoms with E-state index in [4.69, 9.17) is 11.6 Å². The lowest BCUT2D eigenvalue weighted by atomic mass is 10.0. The van der Waals surface area contributed by atoms with Gasteiger partial charge >= 0.3 is 0 Å². The molecule has 0 aromatic heterocycles. The van der Waals surface area contributed by atoms with Crippen LogP contribution in [0.15, 0.2) is 0 Å². The average Bonchev–Trinajstić information content (AvgIpc) is 1.84. The molecule has 0 aliphatic heterocycles. The highest BCUT2D eigenvalue weighted by molar-refractivity contribution is 6.17. The molecule has 0 amide bonds. The van der Waals surface area contributed by atoms with Gasteiger partial charge in [0.2, 0.25) is 0 Å². The van der Waals surface area contributed by atoms with Crippen LogP contribution in [0, 0.1) is 0 Å². The summed E-state index contributed by atoms with van der Waals surface area (Å²) >= 11 is 5.62. The summed E-state index contributed by atoms with van der Waals surface area (Å²) in [5.74, 6) is 0.740. The first-order valence-electron chi connectivity index (χ1n) is 3.93. The molecule has 0 saturated carbocycles. The fourth-order valence-corrected chi connectivity index (χ4v) is 1.26. The van der Waals surface area contributed by atoms with Crippen molar-refractivity contribution in [2.24, 2.45) is 0 Å². The van der Waals surface area contributed by atoms with Gasteiger partial charge in [-0.15, -0.1) is 11.6 Å². The summed E-state index contributed by atoms with van der Waals surface area (Å²) in [6.07, 6.45) is 2.22. The SMILES string of the molecule is CCCNC(C)(C)CCCl. The molecule has 0 aromatic carbocycles. The van der Waals surface area contributed by atoms with Crippen molar-refractivity contribution in [3.8, 4) is 0 Å². The molecule has 1 nitrogen and oxygen atoms in total. The molecule has 0 saturated heterocycles. The smallest absolute Gasteiger partial charge is 0.0240 e. The Bertz CT molecular complexity index is 81.3. The van der Waals surface area contributed by atoms with E-state index in [1.54, 1.807) is 0 Å². The van der Waals surface area contributed by atoms with Crippen molar-refractivity contribution in [1.29, 1.82) is 0 Å². The molecule has 0 spiro atoms. The normalized spacial score (nSPS) is 12.0. The number of hydrogen-bond donors (Lipinski definition) is 1. The number of rotatable bonds is 5. The molecule has 2 heteroatoms. The van der Waals surface area contributed by atoms with Gasteiger partial charge in [0, 0.05) is 11.4 Å². The molecule has 0 rings (SSSR count). The lowest BCUT2D eigenvalue weighted by Crippen LogP contribution is -2.39. The lowest BCUT2D eigenvalue weighted by Gasteiger charge is -2.24. The minimum Gasteiger partial charge on any atom is -0.312 e. The highest BCUT2D eigenvalue weighted by Crippen LogP contribution is 2.08. The van der Waals surface area contributed by atoms with Gasteiger partial charge in [-0.1, -0.05) is 6.92 Å². The van der Waals surface area contributed by atoms with E-state index in [1.165, 1.54) is 6.42 Å². The Balaban J connectivity index is 3.42. The van der Waals surface area contributed by atoms with Gasteiger partial charge in [0.15, 0.2) is 0 Å². The van der Waals surface area contributed by atoms with Gasteiger partial charge in [0.25, 0.3) is 0 Å². The van der Waals surface area contributed by atoms with Crippen LogP contribution in [0.3, 0.4) is 0 Å². The third-order valence-corrected chi connectivity index (χ3v) is 1.76. The zero-order chi connectivity index (χ0) is 8.04. The van der Waals surface area contributed by atoms with Crippen molar-refractivity contribution in [1.82, 2.24) is 5.32 Å². The van der Waals surface area contributed by atoms with Gasteiger partial charge in [-0.3, -0.25) is 0 Å². The van der Waals surface area contributed by atoms with E-state index in [0.29, 0.717) is 0 Å². The molecule has 0 unspecified atom stereocenters. The molecule has 0 aromatic rings. The van der Waals surface area contributed by atoms with E-state index < -0.39 is 0 Å². The zero-order valence-electron chi connectivity index (χ0n) is 7.21. The van der Waals surface area contributed by atoms with E-state index in [1.807, 2.05) is 0 Å². The van der Waals surface area contributed by atoms with Gasteiger partial charge in [0.05, 0.1) is 0 Å². The van der Waals surface area contributed by atoms with Crippen LogP contribution in [0.2, 0.25) is 0 Å². The summed E-state index contributed by atoms with van der Waals surface area (Å²) in [6.45, 7) is 7.63. The number of hydrogen-bond acceptors (Lipinski definition) is 1. The minimum absolute atomic E-state index is 0.220. The zero-order valence-corrected chi connectivity index (χ0v) is 7.96. The predicted molar refractivity (Wildman–Crippen MR) is 47.7 cm³/mol. The fourth-order valence-electron chi connectivity index (χ4n) is 0.788. The number of halogens is 1. The molecular weight excluding hydrogens is 146 g/mol. The van der Waals surface area contributed by atoms with Crippen molar-refractivity contribution in [2.75, 3.05) is 12.4 Å². The molecule has 0 heterocycles. The highest BCUT2D eigenvalue weighted by atomic mass is 35.5. The molecule has 0 bridgehead atoms. The van der Waals surface area contributed by atoms with Gasteiger partial charge in [-0.2, -0.15) is 0 Å². The molecule has 0 atom stereocenters. The summed E-state index contributed by atoms with van der Waals surface area (Å²) in [5.41, 5.74) is 0.220. The first-order chi connectivity index (χ1) is 4.62. The third-order valence-electron chi connectivity index (χ3n) is 1.57. The molecule has 0 radical (unpaired) electrons. The molecule has 0 aliphatic carbocycles. The van der Waals surface area contributed by atoms with Crippen molar-refractivity contribution >= 4 is 11.6 Å². The first kappa shape index (κ1) is 10.2. The highest BCUT2D eigenvalue weighted by Gasteiger charge is 2.14. The maximum absolute atomic E-state index is 5.62.